The van der Waals surface area contributed by atoms with E-state index in [1.807, 2.05) is 36.7 Å². The fraction of sp³-hybridized carbons (Fsp3) is 0.407. The third-order valence-electron chi connectivity index (χ3n) is 6.53. The molecule has 1 fully saturated rings. The summed E-state index contributed by atoms with van der Waals surface area (Å²) < 4.78 is 13.1. The van der Waals surface area contributed by atoms with Gasteiger partial charge in [0.1, 0.15) is 5.75 Å². The molecule has 0 bridgehead atoms. The van der Waals surface area contributed by atoms with Crippen LogP contribution in [0.5, 0.6) is 5.75 Å². The summed E-state index contributed by atoms with van der Waals surface area (Å²) in [4.78, 5) is 13.4. The van der Waals surface area contributed by atoms with E-state index in [0.29, 0.717) is 32.7 Å². The third kappa shape index (κ3) is 5.28. The van der Waals surface area contributed by atoms with Crippen LogP contribution >= 0.6 is 0 Å². The quantitative estimate of drug-likeness (QED) is 0.558. The summed E-state index contributed by atoms with van der Waals surface area (Å²) in [5.74, 6) is 0.951. The topological polar surface area (TPSA) is 65.4 Å². The number of hydrogen-bond donors (Lipinski definition) is 1. The van der Waals surface area contributed by atoms with E-state index in [2.05, 4.69) is 46.8 Å². The lowest BCUT2D eigenvalue weighted by Crippen LogP contribution is -2.47. The van der Waals surface area contributed by atoms with Crippen LogP contribution in [-0.4, -0.2) is 42.6 Å². The Kier molecular flexibility index (Phi) is 7.14. The number of para-hydroxylation sites is 1. The van der Waals surface area contributed by atoms with Gasteiger partial charge in [-0.2, -0.15) is 5.10 Å². The zero-order valence-electron chi connectivity index (χ0n) is 19.8. The smallest absolute Gasteiger partial charge is 0.226 e. The lowest BCUT2D eigenvalue weighted by Gasteiger charge is -2.36. The summed E-state index contributed by atoms with van der Waals surface area (Å²) in [6.07, 6.45) is 2.13. The number of ether oxygens (including phenoxy) is 2. The van der Waals surface area contributed by atoms with Crippen molar-refractivity contribution in [3.05, 3.63) is 71.5 Å². The standard InChI is InChI=1S/C27H33N3O3/c1-20-17-21(2)30(29-20)14-13-28-26(31)27(11-15-33-16-12-27)19-22-7-6-8-23(18-22)24-9-4-5-10-25(24)32-3/h4-10,17-18H,11-16,19H2,1-3H3,(H,28,31). The van der Waals surface area contributed by atoms with Gasteiger partial charge in [-0.25, -0.2) is 0 Å². The molecule has 0 saturated carbocycles. The molecule has 33 heavy (non-hydrogen) atoms. The Morgan fingerprint density at radius 1 is 1.12 bits per heavy atom. The molecule has 0 atom stereocenters. The average Bonchev–Trinajstić information content (AvgIpc) is 3.16. The van der Waals surface area contributed by atoms with E-state index >= 15 is 0 Å². The normalized spacial score (nSPS) is 15.2. The van der Waals surface area contributed by atoms with E-state index in [0.717, 1.165) is 46.7 Å². The Balaban J connectivity index is 1.50. The summed E-state index contributed by atoms with van der Waals surface area (Å²) in [7, 11) is 1.69. The van der Waals surface area contributed by atoms with Crippen LogP contribution in [0.15, 0.2) is 54.6 Å². The Labute approximate surface area is 195 Å². The van der Waals surface area contributed by atoms with Gasteiger partial charge in [0.2, 0.25) is 5.91 Å². The maximum atomic E-state index is 13.4. The van der Waals surface area contributed by atoms with Crippen LogP contribution in [0.1, 0.15) is 29.8 Å². The van der Waals surface area contributed by atoms with Gasteiger partial charge in [-0.1, -0.05) is 42.5 Å². The van der Waals surface area contributed by atoms with E-state index in [1.54, 1.807) is 7.11 Å². The van der Waals surface area contributed by atoms with Gasteiger partial charge in [0.15, 0.2) is 0 Å². The zero-order chi connectivity index (χ0) is 23.3. The fourth-order valence-electron chi connectivity index (χ4n) is 4.73. The van der Waals surface area contributed by atoms with Gasteiger partial charge in [0.05, 0.1) is 24.8 Å². The molecule has 1 N–H and O–H groups in total. The Morgan fingerprint density at radius 2 is 1.91 bits per heavy atom. The molecule has 0 spiro atoms. The highest BCUT2D eigenvalue weighted by Gasteiger charge is 2.40. The van der Waals surface area contributed by atoms with Gasteiger partial charge in [-0.15, -0.1) is 0 Å². The molecule has 0 radical (unpaired) electrons. The van der Waals surface area contributed by atoms with Crippen LogP contribution in [0.25, 0.3) is 11.1 Å². The van der Waals surface area contributed by atoms with Gasteiger partial charge in [-0.3, -0.25) is 9.48 Å². The molecule has 3 aromatic rings. The van der Waals surface area contributed by atoms with Crippen LogP contribution in [0, 0.1) is 19.3 Å². The van der Waals surface area contributed by atoms with E-state index in [9.17, 15) is 4.79 Å². The molecule has 1 aliphatic heterocycles. The second kappa shape index (κ2) is 10.2. The minimum absolute atomic E-state index is 0.107. The number of methoxy groups -OCH3 is 1. The lowest BCUT2D eigenvalue weighted by atomic mass is 9.74. The van der Waals surface area contributed by atoms with Crippen molar-refractivity contribution in [2.75, 3.05) is 26.9 Å². The van der Waals surface area contributed by atoms with Crippen molar-refractivity contribution in [1.82, 2.24) is 15.1 Å². The molecular formula is C27H33N3O3. The Bertz CT molecular complexity index is 1100. The number of carbonyl (C=O) groups is 1. The number of aromatic nitrogens is 2. The summed E-state index contributed by atoms with van der Waals surface area (Å²) in [5, 5.41) is 7.68. The molecule has 0 unspecified atom stereocenters. The van der Waals surface area contributed by atoms with Crippen molar-refractivity contribution in [1.29, 1.82) is 0 Å². The van der Waals surface area contributed by atoms with E-state index < -0.39 is 5.41 Å². The molecule has 174 valence electrons. The van der Waals surface area contributed by atoms with Crippen LogP contribution in [-0.2, 0) is 22.5 Å². The highest BCUT2D eigenvalue weighted by molar-refractivity contribution is 5.83. The molecular weight excluding hydrogens is 414 g/mol. The van der Waals surface area contributed by atoms with Crippen molar-refractivity contribution in [2.24, 2.45) is 5.41 Å². The first-order valence-corrected chi connectivity index (χ1v) is 11.6. The summed E-state index contributed by atoms with van der Waals surface area (Å²) in [5.41, 5.74) is 4.93. The van der Waals surface area contributed by atoms with Gasteiger partial charge in [0.25, 0.3) is 0 Å². The minimum atomic E-state index is -0.466. The van der Waals surface area contributed by atoms with Crippen molar-refractivity contribution in [3.8, 4) is 16.9 Å². The number of aryl methyl sites for hydroxylation is 2. The number of amides is 1. The van der Waals surface area contributed by atoms with Gasteiger partial charge >= 0.3 is 0 Å². The van der Waals surface area contributed by atoms with Gasteiger partial charge in [0, 0.05) is 31.0 Å². The average molecular weight is 448 g/mol. The van der Waals surface area contributed by atoms with Crippen LogP contribution in [0.3, 0.4) is 0 Å². The molecule has 2 aromatic carbocycles. The molecule has 0 aliphatic carbocycles. The molecule has 6 nitrogen and oxygen atoms in total. The number of carbonyl (C=O) groups excluding carboxylic acids is 1. The monoisotopic (exact) mass is 447 g/mol. The highest BCUT2D eigenvalue weighted by Crippen LogP contribution is 2.36. The van der Waals surface area contributed by atoms with Gasteiger partial charge < -0.3 is 14.8 Å². The predicted molar refractivity (Wildman–Crippen MR) is 129 cm³/mol. The van der Waals surface area contributed by atoms with Crippen molar-refractivity contribution in [2.45, 2.75) is 39.7 Å². The van der Waals surface area contributed by atoms with E-state index in [-0.39, 0.29) is 5.91 Å². The zero-order valence-corrected chi connectivity index (χ0v) is 19.8. The number of nitrogens with one attached hydrogen (secondary N) is 1. The second-order valence-electron chi connectivity index (χ2n) is 8.88. The number of hydrogen-bond acceptors (Lipinski definition) is 4. The van der Waals surface area contributed by atoms with Crippen LogP contribution in [0.2, 0.25) is 0 Å². The fourth-order valence-corrected chi connectivity index (χ4v) is 4.73. The molecule has 1 aromatic heterocycles. The van der Waals surface area contributed by atoms with Crippen LogP contribution < -0.4 is 10.1 Å². The predicted octanol–water partition coefficient (Wildman–Crippen LogP) is 4.33. The summed E-state index contributed by atoms with van der Waals surface area (Å²) in [6, 6.07) is 18.5. The van der Waals surface area contributed by atoms with Crippen molar-refractivity contribution in [3.63, 3.8) is 0 Å². The largest absolute Gasteiger partial charge is 0.496 e. The first-order chi connectivity index (χ1) is 16.0. The highest BCUT2D eigenvalue weighted by atomic mass is 16.5. The summed E-state index contributed by atoms with van der Waals surface area (Å²) in [6.45, 7) is 6.47. The second-order valence-corrected chi connectivity index (χ2v) is 8.88. The van der Waals surface area contributed by atoms with Crippen LogP contribution in [0.4, 0.5) is 0 Å². The maximum absolute atomic E-state index is 13.4. The Morgan fingerprint density at radius 3 is 2.64 bits per heavy atom. The molecule has 2 heterocycles. The third-order valence-corrected chi connectivity index (χ3v) is 6.53. The number of nitrogens with zero attached hydrogens (tertiary/aromatic N) is 2. The Hall–Kier alpha value is -3.12. The molecule has 4 rings (SSSR count). The van der Waals surface area contributed by atoms with E-state index in [4.69, 9.17) is 9.47 Å². The SMILES string of the molecule is COc1ccccc1-c1cccc(CC2(C(=O)NCCn3nc(C)cc3C)CCOCC2)c1. The first kappa shape index (κ1) is 23.1. The van der Waals surface area contributed by atoms with Crippen molar-refractivity contribution >= 4 is 5.91 Å². The molecule has 6 heteroatoms. The van der Waals surface area contributed by atoms with E-state index in [1.165, 1.54) is 0 Å². The molecule has 1 saturated heterocycles. The summed E-state index contributed by atoms with van der Waals surface area (Å²) >= 11 is 0. The maximum Gasteiger partial charge on any atom is 0.226 e. The lowest BCUT2D eigenvalue weighted by molar-refractivity contribution is -0.136. The van der Waals surface area contributed by atoms with Crippen molar-refractivity contribution < 1.29 is 14.3 Å². The first-order valence-electron chi connectivity index (χ1n) is 11.6. The van der Waals surface area contributed by atoms with Gasteiger partial charge in [-0.05, 0) is 56.4 Å². The number of benzene rings is 2. The molecule has 1 amide bonds. The molecule has 1 aliphatic rings. The minimum Gasteiger partial charge on any atom is -0.496 e. The number of rotatable bonds is 8.